The molecule has 1 fully saturated rings. The minimum atomic E-state index is -0.0795. The van der Waals surface area contributed by atoms with Gasteiger partial charge in [0.05, 0.1) is 11.7 Å². The van der Waals surface area contributed by atoms with Crippen LogP contribution in [0.5, 0.6) is 0 Å². The number of benzene rings is 1. The van der Waals surface area contributed by atoms with Crippen molar-refractivity contribution in [2.24, 2.45) is 5.73 Å². The zero-order chi connectivity index (χ0) is 14.8. The summed E-state index contributed by atoms with van der Waals surface area (Å²) in [6.07, 6.45) is 0.275. The first-order chi connectivity index (χ1) is 9.35. The van der Waals surface area contributed by atoms with Gasteiger partial charge in [0.2, 0.25) is 0 Å². The lowest BCUT2D eigenvalue weighted by atomic mass is 9.81. The molecule has 0 amide bonds. The van der Waals surface area contributed by atoms with Crippen LogP contribution in [0.3, 0.4) is 0 Å². The lowest BCUT2D eigenvalue weighted by molar-refractivity contribution is -0.131. The van der Waals surface area contributed by atoms with Gasteiger partial charge in [0.15, 0.2) is 0 Å². The lowest BCUT2D eigenvalue weighted by Gasteiger charge is -2.45. The molecule has 20 heavy (non-hydrogen) atoms. The van der Waals surface area contributed by atoms with E-state index in [0.717, 1.165) is 19.6 Å². The molecule has 0 aliphatic carbocycles. The first kappa shape index (κ1) is 15.5. The number of hydrogen-bond donors (Lipinski definition) is 1. The summed E-state index contributed by atoms with van der Waals surface area (Å²) in [6.45, 7) is 12.3. The zero-order valence-corrected chi connectivity index (χ0v) is 13.2. The van der Waals surface area contributed by atoms with E-state index in [1.54, 1.807) is 0 Å². The largest absolute Gasteiger partial charge is 0.370 e. The van der Waals surface area contributed by atoms with Gasteiger partial charge in [-0.25, -0.2) is 0 Å². The molecular formula is C17H28N2O. The smallest absolute Gasteiger partial charge is 0.0757 e. The van der Waals surface area contributed by atoms with Crippen LogP contribution < -0.4 is 5.73 Å². The second-order valence-electron chi connectivity index (χ2n) is 6.99. The standard InChI is InChI=1S/C17H28N2O/c1-14-10-19(12-16(2,3)20-14)13-17(4,11-18)15-8-6-5-7-9-15/h5-9,14H,10-13,18H2,1-4H3. The molecule has 0 aromatic heterocycles. The average molecular weight is 276 g/mol. The van der Waals surface area contributed by atoms with E-state index in [1.165, 1.54) is 5.56 Å². The molecule has 0 saturated carbocycles. The van der Waals surface area contributed by atoms with Crippen LogP contribution in [0, 0.1) is 0 Å². The third kappa shape index (κ3) is 3.60. The molecule has 112 valence electrons. The summed E-state index contributed by atoms with van der Waals surface area (Å²) >= 11 is 0. The van der Waals surface area contributed by atoms with Crippen LogP contribution >= 0.6 is 0 Å². The summed E-state index contributed by atoms with van der Waals surface area (Å²) in [5.74, 6) is 0. The second-order valence-corrected chi connectivity index (χ2v) is 6.99. The molecule has 1 saturated heterocycles. The predicted octanol–water partition coefficient (Wildman–Crippen LogP) is 2.40. The molecule has 0 radical (unpaired) electrons. The average Bonchev–Trinajstić information content (AvgIpc) is 2.37. The minimum absolute atomic E-state index is 0.00556. The van der Waals surface area contributed by atoms with E-state index in [-0.39, 0.29) is 17.1 Å². The Bertz CT molecular complexity index is 432. The van der Waals surface area contributed by atoms with Crippen LogP contribution in [-0.2, 0) is 10.2 Å². The van der Waals surface area contributed by atoms with Crippen molar-refractivity contribution in [3.63, 3.8) is 0 Å². The van der Waals surface area contributed by atoms with Crippen LogP contribution in [-0.4, -0.2) is 42.8 Å². The fourth-order valence-corrected chi connectivity index (χ4v) is 3.31. The maximum absolute atomic E-state index is 6.10. The molecule has 0 spiro atoms. The Hall–Kier alpha value is -0.900. The lowest BCUT2D eigenvalue weighted by Crippen LogP contribution is -2.55. The van der Waals surface area contributed by atoms with Gasteiger partial charge in [-0.3, -0.25) is 4.90 Å². The number of hydrogen-bond acceptors (Lipinski definition) is 3. The summed E-state index contributed by atoms with van der Waals surface area (Å²) in [7, 11) is 0. The van der Waals surface area contributed by atoms with Gasteiger partial charge in [0, 0.05) is 31.6 Å². The van der Waals surface area contributed by atoms with Gasteiger partial charge >= 0.3 is 0 Å². The summed E-state index contributed by atoms with van der Waals surface area (Å²) < 4.78 is 5.98. The van der Waals surface area contributed by atoms with Crippen molar-refractivity contribution in [1.29, 1.82) is 0 Å². The van der Waals surface area contributed by atoms with E-state index in [0.29, 0.717) is 6.54 Å². The topological polar surface area (TPSA) is 38.5 Å². The van der Waals surface area contributed by atoms with Crippen LogP contribution in [0.2, 0.25) is 0 Å². The maximum Gasteiger partial charge on any atom is 0.0757 e. The molecule has 3 heteroatoms. The van der Waals surface area contributed by atoms with E-state index in [1.807, 2.05) is 0 Å². The third-order valence-corrected chi connectivity index (χ3v) is 4.13. The Morgan fingerprint density at radius 3 is 2.55 bits per heavy atom. The molecule has 1 aromatic rings. The quantitative estimate of drug-likeness (QED) is 0.918. The van der Waals surface area contributed by atoms with Gasteiger partial charge in [0.1, 0.15) is 0 Å². The summed E-state index contributed by atoms with van der Waals surface area (Å²) in [5.41, 5.74) is 7.33. The molecular weight excluding hydrogens is 248 g/mol. The van der Waals surface area contributed by atoms with Gasteiger partial charge < -0.3 is 10.5 Å². The Kier molecular flexibility index (Phi) is 4.52. The van der Waals surface area contributed by atoms with Gasteiger partial charge in [-0.15, -0.1) is 0 Å². The predicted molar refractivity (Wildman–Crippen MR) is 83.9 cm³/mol. The summed E-state index contributed by atoms with van der Waals surface area (Å²) in [5, 5.41) is 0. The molecule has 0 bridgehead atoms. The fourth-order valence-electron chi connectivity index (χ4n) is 3.31. The monoisotopic (exact) mass is 276 g/mol. The molecule has 1 heterocycles. The Morgan fingerprint density at radius 1 is 1.35 bits per heavy atom. The first-order valence-electron chi connectivity index (χ1n) is 7.50. The molecule has 2 rings (SSSR count). The van der Waals surface area contributed by atoms with Gasteiger partial charge in [-0.2, -0.15) is 0 Å². The fraction of sp³-hybridized carbons (Fsp3) is 0.647. The number of ether oxygens (including phenoxy) is 1. The van der Waals surface area contributed by atoms with Gasteiger partial charge in [-0.05, 0) is 26.3 Å². The number of morpholine rings is 1. The van der Waals surface area contributed by atoms with Crippen molar-refractivity contribution in [2.45, 2.75) is 44.8 Å². The Labute approximate surface area is 123 Å². The molecule has 2 unspecified atom stereocenters. The van der Waals surface area contributed by atoms with Gasteiger partial charge in [-0.1, -0.05) is 37.3 Å². The van der Waals surface area contributed by atoms with Crippen molar-refractivity contribution >= 4 is 0 Å². The maximum atomic E-state index is 6.10. The first-order valence-corrected chi connectivity index (χ1v) is 7.50. The van der Waals surface area contributed by atoms with Crippen LogP contribution in [0.4, 0.5) is 0 Å². The second kappa shape index (κ2) is 5.84. The van der Waals surface area contributed by atoms with Crippen molar-refractivity contribution in [3.8, 4) is 0 Å². The van der Waals surface area contributed by atoms with Crippen molar-refractivity contribution in [3.05, 3.63) is 35.9 Å². The summed E-state index contributed by atoms with van der Waals surface area (Å²) in [4.78, 5) is 2.49. The van der Waals surface area contributed by atoms with Crippen molar-refractivity contribution < 1.29 is 4.74 Å². The number of nitrogens with two attached hydrogens (primary N) is 1. The molecule has 3 nitrogen and oxygen atoms in total. The highest BCUT2D eigenvalue weighted by molar-refractivity contribution is 5.25. The van der Waals surface area contributed by atoms with E-state index < -0.39 is 0 Å². The van der Waals surface area contributed by atoms with E-state index in [2.05, 4.69) is 62.9 Å². The third-order valence-electron chi connectivity index (χ3n) is 4.13. The van der Waals surface area contributed by atoms with Crippen LogP contribution in [0.25, 0.3) is 0 Å². The minimum Gasteiger partial charge on any atom is -0.370 e. The van der Waals surface area contributed by atoms with E-state index in [9.17, 15) is 0 Å². The van der Waals surface area contributed by atoms with Crippen LogP contribution in [0.1, 0.15) is 33.3 Å². The number of nitrogens with zero attached hydrogens (tertiary/aromatic N) is 1. The van der Waals surface area contributed by atoms with Gasteiger partial charge in [0.25, 0.3) is 0 Å². The highest BCUT2D eigenvalue weighted by Crippen LogP contribution is 2.27. The number of rotatable bonds is 4. The SMILES string of the molecule is CC1CN(CC(C)(CN)c2ccccc2)CC(C)(C)O1. The van der Waals surface area contributed by atoms with E-state index in [4.69, 9.17) is 10.5 Å². The summed E-state index contributed by atoms with van der Waals surface area (Å²) in [6, 6.07) is 10.6. The highest BCUT2D eigenvalue weighted by atomic mass is 16.5. The molecule has 1 aliphatic heterocycles. The Morgan fingerprint density at radius 2 is 2.00 bits per heavy atom. The van der Waals surface area contributed by atoms with E-state index >= 15 is 0 Å². The van der Waals surface area contributed by atoms with Crippen LogP contribution in [0.15, 0.2) is 30.3 Å². The zero-order valence-electron chi connectivity index (χ0n) is 13.2. The molecule has 2 N–H and O–H groups in total. The normalized spacial score (nSPS) is 26.1. The van der Waals surface area contributed by atoms with Crippen molar-refractivity contribution in [1.82, 2.24) is 4.90 Å². The Balaban J connectivity index is 2.14. The van der Waals surface area contributed by atoms with Crippen molar-refractivity contribution in [2.75, 3.05) is 26.2 Å². The molecule has 2 atom stereocenters. The molecule has 1 aliphatic rings. The molecule has 1 aromatic carbocycles. The highest BCUT2D eigenvalue weighted by Gasteiger charge is 2.35.